The van der Waals surface area contributed by atoms with Crippen molar-refractivity contribution < 1.29 is 0 Å². The summed E-state index contributed by atoms with van der Waals surface area (Å²) in [6, 6.07) is 11.1. The Morgan fingerprint density at radius 1 is 1.19 bits per heavy atom. The molecule has 0 fully saturated rings. The molecule has 0 saturated heterocycles. The highest BCUT2D eigenvalue weighted by Gasteiger charge is 2.11. The molecule has 0 amide bonds. The fourth-order valence-electron chi connectivity index (χ4n) is 2.52. The number of nitrogens with one attached hydrogen (secondary N) is 1. The maximum atomic E-state index is 4.37. The van der Waals surface area contributed by atoms with E-state index >= 15 is 0 Å². The molecular weight excluding hydrogens is 296 g/mol. The number of benzene rings is 1. The van der Waals surface area contributed by atoms with Crippen LogP contribution in [0.3, 0.4) is 0 Å². The predicted octanol–water partition coefficient (Wildman–Crippen LogP) is 5.66. The first-order valence-electron chi connectivity index (χ1n) is 6.97. The van der Waals surface area contributed by atoms with Crippen LogP contribution >= 0.6 is 22.7 Å². The fraction of sp³-hybridized carbons (Fsp3) is 0.235. The number of aryl methyl sites for hydroxylation is 2. The molecule has 0 radical (unpaired) electrons. The summed E-state index contributed by atoms with van der Waals surface area (Å²) in [5.74, 6) is 0. The monoisotopic (exact) mass is 314 g/mol. The average Bonchev–Trinajstić information content (AvgIpc) is 3.08. The zero-order valence-electron chi connectivity index (χ0n) is 12.4. The van der Waals surface area contributed by atoms with E-state index in [1.54, 1.807) is 11.3 Å². The first kappa shape index (κ1) is 14.3. The Labute approximate surface area is 133 Å². The van der Waals surface area contributed by atoms with Gasteiger partial charge in [-0.1, -0.05) is 12.1 Å². The lowest BCUT2D eigenvalue weighted by Crippen LogP contribution is -2.06. The molecule has 0 saturated carbocycles. The molecule has 21 heavy (non-hydrogen) atoms. The maximum absolute atomic E-state index is 4.37. The number of thiazole rings is 1. The van der Waals surface area contributed by atoms with E-state index in [-0.39, 0.29) is 0 Å². The maximum Gasteiger partial charge on any atom is 0.123 e. The molecule has 3 aromatic rings. The normalized spacial score (nSPS) is 12.3. The highest BCUT2D eigenvalue weighted by atomic mass is 32.1. The van der Waals surface area contributed by atoms with Crippen LogP contribution in [0.15, 0.2) is 41.9 Å². The van der Waals surface area contributed by atoms with Crippen LogP contribution in [0.25, 0.3) is 10.6 Å². The molecule has 2 nitrogen and oxygen atoms in total. The predicted molar refractivity (Wildman–Crippen MR) is 93.4 cm³/mol. The minimum absolute atomic E-state index is 0.307. The lowest BCUT2D eigenvalue weighted by Gasteiger charge is -2.16. The van der Waals surface area contributed by atoms with E-state index in [4.69, 9.17) is 0 Å². The molecule has 0 aliphatic heterocycles. The van der Waals surface area contributed by atoms with E-state index in [1.807, 2.05) is 22.9 Å². The van der Waals surface area contributed by atoms with Gasteiger partial charge >= 0.3 is 0 Å². The summed E-state index contributed by atoms with van der Waals surface area (Å²) in [6.07, 6.45) is 1.85. The summed E-state index contributed by atoms with van der Waals surface area (Å²) >= 11 is 3.53. The van der Waals surface area contributed by atoms with Crippen LogP contribution in [-0.2, 0) is 0 Å². The molecule has 2 heterocycles. The summed E-state index contributed by atoms with van der Waals surface area (Å²) in [6.45, 7) is 6.57. The summed E-state index contributed by atoms with van der Waals surface area (Å²) < 4.78 is 0. The number of aromatic nitrogens is 1. The second-order valence-electron chi connectivity index (χ2n) is 5.15. The van der Waals surface area contributed by atoms with Gasteiger partial charge in [0.25, 0.3) is 0 Å². The molecule has 1 unspecified atom stereocenters. The Morgan fingerprint density at radius 3 is 2.71 bits per heavy atom. The van der Waals surface area contributed by atoms with Crippen molar-refractivity contribution in [1.29, 1.82) is 0 Å². The Bertz CT molecular complexity index is 729. The van der Waals surface area contributed by atoms with Crippen molar-refractivity contribution in [3.63, 3.8) is 0 Å². The summed E-state index contributed by atoms with van der Waals surface area (Å²) in [5.41, 5.74) is 3.69. The van der Waals surface area contributed by atoms with Gasteiger partial charge in [0.05, 0.1) is 0 Å². The second kappa shape index (κ2) is 6.00. The van der Waals surface area contributed by atoms with Crippen molar-refractivity contribution in [2.45, 2.75) is 26.8 Å². The van der Waals surface area contributed by atoms with Crippen molar-refractivity contribution in [3.05, 3.63) is 57.2 Å². The Hall–Kier alpha value is -1.65. The largest absolute Gasteiger partial charge is 0.378 e. The highest BCUT2D eigenvalue weighted by molar-refractivity contribution is 7.13. The van der Waals surface area contributed by atoms with Gasteiger partial charge in [-0.2, -0.15) is 0 Å². The van der Waals surface area contributed by atoms with E-state index in [2.05, 4.69) is 61.4 Å². The van der Waals surface area contributed by atoms with Crippen LogP contribution in [0.1, 0.15) is 28.3 Å². The van der Waals surface area contributed by atoms with Crippen LogP contribution in [0.4, 0.5) is 5.69 Å². The van der Waals surface area contributed by atoms with Crippen LogP contribution < -0.4 is 5.32 Å². The smallest absolute Gasteiger partial charge is 0.123 e. The number of hydrogen-bond donors (Lipinski definition) is 1. The number of anilines is 1. The molecular formula is C17H18N2S2. The zero-order chi connectivity index (χ0) is 14.8. The van der Waals surface area contributed by atoms with E-state index in [0.29, 0.717) is 6.04 Å². The molecule has 0 aliphatic carbocycles. The number of thiophene rings is 1. The van der Waals surface area contributed by atoms with E-state index in [9.17, 15) is 0 Å². The van der Waals surface area contributed by atoms with Crippen molar-refractivity contribution in [1.82, 2.24) is 4.98 Å². The third kappa shape index (κ3) is 3.17. The third-order valence-corrected chi connectivity index (χ3v) is 5.27. The standard InChI is InChI=1S/C17H18N2S2/c1-11-9-16(13(3)21-11)12(2)19-15-6-4-5-14(10-15)17-18-7-8-20-17/h4-10,12,19H,1-3H3. The van der Waals surface area contributed by atoms with Crippen molar-refractivity contribution in [3.8, 4) is 10.6 Å². The summed E-state index contributed by atoms with van der Waals surface area (Å²) in [4.78, 5) is 7.14. The molecule has 1 atom stereocenters. The SMILES string of the molecule is Cc1cc(C(C)Nc2cccc(-c3nccs3)c2)c(C)s1. The van der Waals surface area contributed by atoms with Crippen LogP contribution in [-0.4, -0.2) is 4.98 Å². The van der Waals surface area contributed by atoms with Crippen LogP contribution in [0.5, 0.6) is 0 Å². The van der Waals surface area contributed by atoms with Crippen molar-refractivity contribution >= 4 is 28.4 Å². The van der Waals surface area contributed by atoms with Gasteiger partial charge in [0.1, 0.15) is 5.01 Å². The molecule has 4 heteroatoms. The van der Waals surface area contributed by atoms with Gasteiger partial charge in [-0.3, -0.25) is 0 Å². The molecule has 2 aromatic heterocycles. The lowest BCUT2D eigenvalue weighted by atomic mass is 10.1. The molecule has 0 bridgehead atoms. The van der Waals surface area contributed by atoms with Crippen molar-refractivity contribution in [2.75, 3.05) is 5.32 Å². The van der Waals surface area contributed by atoms with E-state index < -0.39 is 0 Å². The number of rotatable bonds is 4. The first-order valence-corrected chi connectivity index (χ1v) is 8.66. The third-order valence-electron chi connectivity index (χ3n) is 3.47. The van der Waals surface area contributed by atoms with Crippen molar-refractivity contribution in [2.24, 2.45) is 0 Å². The van der Waals surface area contributed by atoms with Crippen LogP contribution in [0.2, 0.25) is 0 Å². The summed E-state index contributed by atoms with van der Waals surface area (Å²) in [7, 11) is 0. The van der Waals surface area contributed by atoms with Crippen LogP contribution in [0, 0.1) is 13.8 Å². The van der Waals surface area contributed by atoms with Gasteiger partial charge in [0, 0.05) is 38.6 Å². The Kier molecular flexibility index (Phi) is 4.08. The highest BCUT2D eigenvalue weighted by Crippen LogP contribution is 2.30. The molecule has 108 valence electrons. The van der Waals surface area contributed by atoms with Gasteiger partial charge in [-0.05, 0) is 44.5 Å². The van der Waals surface area contributed by atoms with Gasteiger partial charge < -0.3 is 5.32 Å². The fourth-order valence-corrected chi connectivity index (χ4v) is 4.17. The first-order chi connectivity index (χ1) is 10.1. The lowest BCUT2D eigenvalue weighted by molar-refractivity contribution is 0.882. The van der Waals surface area contributed by atoms with Gasteiger partial charge in [-0.15, -0.1) is 22.7 Å². The number of nitrogens with zero attached hydrogens (tertiary/aromatic N) is 1. The molecule has 1 aromatic carbocycles. The topological polar surface area (TPSA) is 24.9 Å². The minimum atomic E-state index is 0.307. The molecule has 3 rings (SSSR count). The van der Waals surface area contributed by atoms with Gasteiger partial charge in [0.2, 0.25) is 0 Å². The zero-order valence-corrected chi connectivity index (χ0v) is 14.0. The minimum Gasteiger partial charge on any atom is -0.378 e. The molecule has 0 aliphatic rings. The number of hydrogen-bond acceptors (Lipinski definition) is 4. The second-order valence-corrected chi connectivity index (χ2v) is 7.51. The van der Waals surface area contributed by atoms with Gasteiger partial charge in [-0.25, -0.2) is 4.98 Å². The quantitative estimate of drug-likeness (QED) is 0.672. The molecule has 0 spiro atoms. The van der Waals surface area contributed by atoms with E-state index in [1.165, 1.54) is 20.9 Å². The average molecular weight is 314 g/mol. The Morgan fingerprint density at radius 2 is 2.05 bits per heavy atom. The Balaban J connectivity index is 1.82. The summed E-state index contributed by atoms with van der Waals surface area (Å²) in [5, 5.41) is 6.67. The van der Waals surface area contributed by atoms with E-state index in [0.717, 1.165) is 10.7 Å². The molecule has 1 N–H and O–H groups in total. The van der Waals surface area contributed by atoms with Gasteiger partial charge in [0.15, 0.2) is 0 Å².